The predicted octanol–water partition coefficient (Wildman–Crippen LogP) is 2.62. The van der Waals surface area contributed by atoms with Gasteiger partial charge in [-0.05, 0) is 30.9 Å². The molecule has 0 amide bonds. The number of rotatable bonds is 4. The minimum atomic E-state index is -3.63. The van der Waals surface area contributed by atoms with Crippen molar-refractivity contribution in [2.24, 2.45) is 5.92 Å². The number of hydrogen-bond donors (Lipinski definition) is 0. The van der Waals surface area contributed by atoms with E-state index in [4.69, 9.17) is 0 Å². The zero-order valence-electron chi connectivity index (χ0n) is 12.3. The van der Waals surface area contributed by atoms with E-state index in [2.05, 4.69) is 6.92 Å². The van der Waals surface area contributed by atoms with E-state index in [0.717, 1.165) is 38.6 Å². The number of sulfone groups is 1. The lowest BCUT2D eigenvalue weighted by Crippen LogP contribution is -2.35. The van der Waals surface area contributed by atoms with Crippen LogP contribution in [0.2, 0.25) is 0 Å². The van der Waals surface area contributed by atoms with Crippen molar-refractivity contribution in [2.45, 2.75) is 31.1 Å². The minimum Gasteiger partial charge on any atom is -0.366 e. The Morgan fingerprint density at radius 3 is 2.71 bits per heavy atom. The maximum atomic E-state index is 11.8. The Bertz CT molecular complexity index is 642. The van der Waals surface area contributed by atoms with Crippen LogP contribution in [0, 0.1) is 16.0 Å². The fraction of sp³-hybridized carbons (Fsp3) is 0.571. The number of nitrogens with zero attached hydrogens (tertiary/aromatic N) is 2. The third-order valence-electron chi connectivity index (χ3n) is 4.00. The number of anilines is 1. The lowest BCUT2D eigenvalue weighted by molar-refractivity contribution is -0.387. The number of nitro groups is 1. The molecule has 1 aliphatic heterocycles. The molecule has 2 rings (SSSR count). The van der Waals surface area contributed by atoms with E-state index in [1.54, 1.807) is 12.1 Å². The molecule has 1 fully saturated rings. The second-order valence-corrected chi connectivity index (χ2v) is 7.50. The van der Waals surface area contributed by atoms with Gasteiger partial charge in [-0.15, -0.1) is 0 Å². The fourth-order valence-corrected chi connectivity index (χ4v) is 3.72. The van der Waals surface area contributed by atoms with Gasteiger partial charge in [0.15, 0.2) is 9.84 Å². The third-order valence-corrected chi connectivity index (χ3v) is 5.13. The van der Waals surface area contributed by atoms with Gasteiger partial charge in [-0.2, -0.15) is 0 Å². The third kappa shape index (κ3) is 3.34. The van der Waals surface area contributed by atoms with Gasteiger partial charge in [-0.1, -0.05) is 19.4 Å². The molecule has 21 heavy (non-hydrogen) atoms. The summed E-state index contributed by atoms with van der Waals surface area (Å²) in [5.74, 6) is 0.500. The predicted molar refractivity (Wildman–Crippen MR) is 81.4 cm³/mol. The molecular formula is C14H20N2O4S. The molecular weight excluding hydrogens is 292 g/mol. The summed E-state index contributed by atoms with van der Waals surface area (Å²) in [6, 6.07) is 4.53. The molecule has 1 aromatic carbocycles. The van der Waals surface area contributed by atoms with E-state index in [1.165, 1.54) is 6.07 Å². The maximum absolute atomic E-state index is 11.8. The summed E-state index contributed by atoms with van der Waals surface area (Å²) in [5, 5.41) is 11.4. The molecule has 116 valence electrons. The van der Waals surface area contributed by atoms with Gasteiger partial charge in [-0.25, -0.2) is 8.42 Å². The van der Waals surface area contributed by atoms with Crippen LogP contribution < -0.4 is 4.90 Å². The quantitative estimate of drug-likeness (QED) is 0.630. The lowest BCUT2D eigenvalue weighted by atomic mass is 9.95. The van der Waals surface area contributed by atoms with Gasteiger partial charge in [0.05, 0.1) is 4.92 Å². The van der Waals surface area contributed by atoms with Gasteiger partial charge in [0.2, 0.25) is 0 Å². The van der Waals surface area contributed by atoms with Crippen LogP contribution >= 0.6 is 0 Å². The Kier molecular flexibility index (Phi) is 4.51. The molecule has 7 heteroatoms. The summed E-state index contributed by atoms with van der Waals surface area (Å²) in [4.78, 5) is 12.6. The van der Waals surface area contributed by atoms with Gasteiger partial charge in [0, 0.05) is 19.3 Å². The summed E-state index contributed by atoms with van der Waals surface area (Å²) >= 11 is 0. The lowest BCUT2D eigenvalue weighted by Gasteiger charge is -2.33. The average Bonchev–Trinajstić information content (AvgIpc) is 2.45. The van der Waals surface area contributed by atoms with E-state index < -0.39 is 14.8 Å². The minimum absolute atomic E-state index is 0.205. The van der Waals surface area contributed by atoms with Crippen molar-refractivity contribution in [3.05, 3.63) is 28.3 Å². The van der Waals surface area contributed by atoms with Crippen molar-refractivity contribution in [3.8, 4) is 0 Å². The molecule has 0 bridgehead atoms. The normalized spacial score (nSPS) is 19.5. The number of benzene rings is 1. The summed E-state index contributed by atoms with van der Waals surface area (Å²) in [5.41, 5.74) is 0.123. The molecule has 6 nitrogen and oxygen atoms in total. The van der Waals surface area contributed by atoms with Crippen molar-refractivity contribution >= 4 is 21.2 Å². The van der Waals surface area contributed by atoms with Gasteiger partial charge in [0.1, 0.15) is 10.6 Å². The maximum Gasteiger partial charge on any atom is 0.311 e. The summed E-state index contributed by atoms with van der Waals surface area (Å²) in [7, 11) is -3.63. The highest BCUT2D eigenvalue weighted by Gasteiger charge is 2.30. The molecule has 0 N–H and O–H groups in total. The highest BCUT2D eigenvalue weighted by atomic mass is 32.2. The van der Waals surface area contributed by atoms with Crippen molar-refractivity contribution in [1.82, 2.24) is 0 Å². The van der Waals surface area contributed by atoms with Gasteiger partial charge < -0.3 is 4.90 Å². The van der Waals surface area contributed by atoms with Crippen LogP contribution in [0.25, 0.3) is 0 Å². The monoisotopic (exact) mass is 312 g/mol. The summed E-state index contributed by atoms with van der Waals surface area (Å²) in [6.45, 7) is 3.57. The Morgan fingerprint density at radius 1 is 1.43 bits per heavy atom. The van der Waals surface area contributed by atoms with Crippen LogP contribution in [-0.4, -0.2) is 32.7 Å². The molecule has 1 atom stereocenters. The van der Waals surface area contributed by atoms with Gasteiger partial charge >= 0.3 is 5.69 Å². The molecule has 0 aliphatic carbocycles. The first-order valence-corrected chi connectivity index (χ1v) is 8.96. The van der Waals surface area contributed by atoms with E-state index in [1.807, 2.05) is 4.90 Å². The molecule has 0 saturated carbocycles. The number of piperidine rings is 1. The standard InChI is InChI=1S/C14H20N2O4S/c1-3-11-6-5-9-15(10-11)12-7-4-8-13(21(2,19)20)14(12)16(17)18/h4,7-8,11H,3,5-6,9-10H2,1-2H3. The number of nitro benzene ring substituents is 1. The van der Waals surface area contributed by atoms with Gasteiger partial charge in [-0.3, -0.25) is 10.1 Å². The largest absolute Gasteiger partial charge is 0.366 e. The van der Waals surface area contributed by atoms with Crippen LogP contribution in [-0.2, 0) is 9.84 Å². The molecule has 1 unspecified atom stereocenters. The van der Waals surface area contributed by atoms with Crippen LogP contribution in [0.4, 0.5) is 11.4 Å². The van der Waals surface area contributed by atoms with Crippen LogP contribution in [0.3, 0.4) is 0 Å². The van der Waals surface area contributed by atoms with E-state index in [9.17, 15) is 18.5 Å². The molecule has 1 aromatic rings. The molecule has 0 radical (unpaired) electrons. The highest BCUT2D eigenvalue weighted by molar-refractivity contribution is 7.90. The summed E-state index contributed by atoms with van der Waals surface area (Å²) in [6.07, 6.45) is 4.12. The second-order valence-electron chi connectivity index (χ2n) is 5.52. The van der Waals surface area contributed by atoms with Crippen molar-refractivity contribution in [3.63, 3.8) is 0 Å². The Labute approximate surface area is 124 Å². The van der Waals surface area contributed by atoms with Crippen molar-refractivity contribution in [2.75, 3.05) is 24.2 Å². The Morgan fingerprint density at radius 2 is 2.14 bits per heavy atom. The first kappa shape index (κ1) is 15.8. The highest BCUT2D eigenvalue weighted by Crippen LogP contribution is 2.36. The second kappa shape index (κ2) is 6.01. The molecule has 1 aliphatic rings. The van der Waals surface area contributed by atoms with Crippen LogP contribution in [0.5, 0.6) is 0 Å². The first-order chi connectivity index (χ1) is 9.84. The average molecular weight is 312 g/mol. The zero-order valence-corrected chi connectivity index (χ0v) is 13.1. The molecule has 0 aromatic heterocycles. The first-order valence-electron chi connectivity index (χ1n) is 7.07. The fourth-order valence-electron chi connectivity index (χ4n) is 2.87. The number of hydrogen-bond acceptors (Lipinski definition) is 5. The Balaban J connectivity index is 2.51. The van der Waals surface area contributed by atoms with E-state index in [-0.39, 0.29) is 10.6 Å². The van der Waals surface area contributed by atoms with Crippen molar-refractivity contribution < 1.29 is 13.3 Å². The van der Waals surface area contributed by atoms with Crippen LogP contribution in [0.1, 0.15) is 26.2 Å². The van der Waals surface area contributed by atoms with E-state index in [0.29, 0.717) is 11.6 Å². The zero-order chi connectivity index (χ0) is 15.6. The van der Waals surface area contributed by atoms with Gasteiger partial charge in [0.25, 0.3) is 0 Å². The topological polar surface area (TPSA) is 80.5 Å². The van der Waals surface area contributed by atoms with E-state index >= 15 is 0 Å². The smallest absolute Gasteiger partial charge is 0.311 e. The van der Waals surface area contributed by atoms with Crippen molar-refractivity contribution in [1.29, 1.82) is 0 Å². The SMILES string of the molecule is CCC1CCCN(c2cccc(S(C)(=O)=O)c2[N+](=O)[O-])C1. The van der Waals surface area contributed by atoms with Crippen LogP contribution in [0.15, 0.2) is 23.1 Å². The molecule has 0 spiro atoms. The molecule has 1 heterocycles. The molecule has 1 saturated heterocycles. The number of para-hydroxylation sites is 1. The Hall–Kier alpha value is -1.63. The summed E-state index contributed by atoms with van der Waals surface area (Å²) < 4.78 is 23.6.